The summed E-state index contributed by atoms with van der Waals surface area (Å²) < 4.78 is 0. The topological polar surface area (TPSA) is 40.5 Å². The molecule has 0 aromatic heterocycles. The third-order valence-corrected chi connectivity index (χ3v) is 4.08. The van der Waals surface area contributed by atoms with Gasteiger partial charge in [-0.1, -0.05) is 0 Å². The first-order valence-corrected chi connectivity index (χ1v) is 5.53. The van der Waals surface area contributed by atoms with Gasteiger partial charge in [0.1, 0.15) is 0 Å². The maximum absolute atomic E-state index is 10.5. The van der Waals surface area contributed by atoms with Crippen molar-refractivity contribution in [2.75, 3.05) is 13.1 Å². The van der Waals surface area contributed by atoms with E-state index in [1.54, 1.807) is 0 Å². The minimum atomic E-state index is -0.148. The van der Waals surface area contributed by atoms with Crippen molar-refractivity contribution in [1.82, 2.24) is 4.90 Å². The molecule has 2 rings (SSSR count). The second-order valence-electron chi connectivity index (χ2n) is 5.05. The van der Waals surface area contributed by atoms with Crippen molar-refractivity contribution in [3.63, 3.8) is 0 Å². The van der Waals surface area contributed by atoms with Crippen molar-refractivity contribution in [3.8, 4) is 0 Å². The highest BCUT2D eigenvalue weighted by molar-refractivity contribution is 5.47. The lowest BCUT2D eigenvalue weighted by Crippen LogP contribution is -2.49. The molecule has 3 nitrogen and oxygen atoms in total. The predicted molar refractivity (Wildman–Crippen MR) is 53.7 cm³/mol. The highest BCUT2D eigenvalue weighted by Crippen LogP contribution is 2.53. The molecule has 14 heavy (non-hydrogen) atoms. The zero-order valence-corrected chi connectivity index (χ0v) is 8.78. The Hall–Kier alpha value is -0.570. The predicted octanol–water partition coefficient (Wildman–Crippen LogP) is 1.02. The number of likely N-dealkylation sites (tertiary alicyclic amines) is 1. The summed E-state index contributed by atoms with van der Waals surface area (Å²) in [5.41, 5.74) is 0.473. The van der Waals surface area contributed by atoms with Crippen LogP contribution in [-0.2, 0) is 4.79 Å². The van der Waals surface area contributed by atoms with Crippen molar-refractivity contribution in [2.24, 2.45) is 11.3 Å². The minimum absolute atomic E-state index is 0.148. The van der Waals surface area contributed by atoms with Crippen molar-refractivity contribution >= 4 is 6.41 Å². The fourth-order valence-electron chi connectivity index (χ4n) is 2.91. The van der Waals surface area contributed by atoms with E-state index in [4.69, 9.17) is 0 Å². The van der Waals surface area contributed by atoms with Gasteiger partial charge < -0.3 is 10.0 Å². The Balaban J connectivity index is 1.82. The Labute approximate surface area is 85.1 Å². The molecule has 1 aliphatic heterocycles. The Bertz CT molecular complexity index is 211. The Morgan fingerprint density at radius 3 is 2.43 bits per heavy atom. The standard InChI is InChI=1S/C11H19NO2/c1-9(14)10-6-11(7-10)2-4-12(8-13)5-3-11/h8-10,14H,2-7H2,1H3. The van der Waals surface area contributed by atoms with Crippen LogP contribution in [0.2, 0.25) is 0 Å². The smallest absolute Gasteiger partial charge is 0.209 e. The van der Waals surface area contributed by atoms with Crippen LogP contribution < -0.4 is 0 Å². The molecule has 0 bridgehead atoms. The van der Waals surface area contributed by atoms with Crippen LogP contribution in [0.25, 0.3) is 0 Å². The number of aliphatic hydroxyl groups excluding tert-OH is 1. The van der Waals surface area contributed by atoms with Gasteiger partial charge in [0, 0.05) is 13.1 Å². The van der Waals surface area contributed by atoms with Crippen LogP contribution in [0.15, 0.2) is 0 Å². The first kappa shape index (κ1) is 9.97. The van der Waals surface area contributed by atoms with Crippen LogP contribution in [0.3, 0.4) is 0 Å². The number of hydrogen-bond acceptors (Lipinski definition) is 2. The quantitative estimate of drug-likeness (QED) is 0.671. The maximum Gasteiger partial charge on any atom is 0.209 e. The number of piperidine rings is 1. The van der Waals surface area contributed by atoms with Crippen molar-refractivity contribution in [3.05, 3.63) is 0 Å². The van der Waals surface area contributed by atoms with Crippen molar-refractivity contribution < 1.29 is 9.90 Å². The van der Waals surface area contributed by atoms with Gasteiger partial charge in [-0.3, -0.25) is 4.79 Å². The van der Waals surface area contributed by atoms with E-state index in [1.807, 2.05) is 11.8 Å². The van der Waals surface area contributed by atoms with Crippen LogP contribution in [0.4, 0.5) is 0 Å². The molecule has 2 fully saturated rings. The molecule has 1 heterocycles. The maximum atomic E-state index is 10.5. The van der Waals surface area contributed by atoms with Crippen LogP contribution in [0.5, 0.6) is 0 Å². The minimum Gasteiger partial charge on any atom is -0.393 e. The first-order valence-electron chi connectivity index (χ1n) is 5.53. The summed E-state index contributed by atoms with van der Waals surface area (Å²) in [6, 6.07) is 0. The van der Waals surface area contributed by atoms with E-state index in [0.717, 1.165) is 45.2 Å². The molecule has 1 saturated heterocycles. The van der Waals surface area contributed by atoms with Gasteiger partial charge in [0.2, 0.25) is 6.41 Å². The molecule has 1 amide bonds. The zero-order chi connectivity index (χ0) is 10.2. The molecule has 1 atom stereocenters. The summed E-state index contributed by atoms with van der Waals surface area (Å²) in [4.78, 5) is 12.4. The largest absolute Gasteiger partial charge is 0.393 e. The molecule has 2 aliphatic rings. The number of rotatable bonds is 2. The van der Waals surface area contributed by atoms with Gasteiger partial charge in [0.15, 0.2) is 0 Å². The Morgan fingerprint density at radius 2 is 2.00 bits per heavy atom. The molecule has 0 aromatic carbocycles. The number of aliphatic hydroxyl groups is 1. The van der Waals surface area contributed by atoms with Crippen LogP contribution in [0.1, 0.15) is 32.6 Å². The summed E-state index contributed by atoms with van der Waals surface area (Å²) in [5.74, 6) is 0.512. The van der Waals surface area contributed by atoms with Gasteiger partial charge in [-0.2, -0.15) is 0 Å². The van der Waals surface area contributed by atoms with Gasteiger partial charge in [0.05, 0.1) is 6.10 Å². The molecule has 3 heteroatoms. The van der Waals surface area contributed by atoms with Gasteiger partial charge in [-0.05, 0) is 43.9 Å². The lowest BCUT2D eigenvalue weighted by molar-refractivity contribution is -0.123. The van der Waals surface area contributed by atoms with Crippen molar-refractivity contribution in [1.29, 1.82) is 0 Å². The average molecular weight is 197 g/mol. The SMILES string of the molecule is CC(O)C1CC2(CCN(C=O)CC2)C1. The number of carbonyl (C=O) groups excluding carboxylic acids is 1. The number of nitrogens with zero attached hydrogens (tertiary/aromatic N) is 1. The summed E-state index contributed by atoms with van der Waals surface area (Å²) in [6.07, 6.45) is 5.40. The van der Waals surface area contributed by atoms with E-state index in [9.17, 15) is 9.90 Å². The molecular weight excluding hydrogens is 178 g/mol. The normalized spacial score (nSPS) is 28.6. The third-order valence-electron chi connectivity index (χ3n) is 4.08. The van der Waals surface area contributed by atoms with E-state index in [1.165, 1.54) is 0 Å². The molecule has 1 aliphatic carbocycles. The molecule has 1 unspecified atom stereocenters. The lowest BCUT2D eigenvalue weighted by atomic mass is 9.56. The molecule has 0 radical (unpaired) electrons. The monoisotopic (exact) mass is 197 g/mol. The summed E-state index contributed by atoms with van der Waals surface area (Å²) in [7, 11) is 0. The van der Waals surface area contributed by atoms with Crippen LogP contribution in [-0.4, -0.2) is 35.6 Å². The Morgan fingerprint density at radius 1 is 1.43 bits per heavy atom. The second kappa shape index (κ2) is 3.54. The molecule has 0 aromatic rings. The number of amides is 1. The van der Waals surface area contributed by atoms with E-state index >= 15 is 0 Å². The van der Waals surface area contributed by atoms with Gasteiger partial charge >= 0.3 is 0 Å². The first-order chi connectivity index (χ1) is 6.65. The highest BCUT2D eigenvalue weighted by Gasteiger charge is 2.46. The van der Waals surface area contributed by atoms with E-state index < -0.39 is 0 Å². The van der Waals surface area contributed by atoms with E-state index in [0.29, 0.717) is 11.3 Å². The van der Waals surface area contributed by atoms with Crippen LogP contribution >= 0.6 is 0 Å². The Kier molecular flexibility index (Phi) is 2.52. The zero-order valence-electron chi connectivity index (χ0n) is 8.78. The lowest BCUT2D eigenvalue weighted by Gasteiger charge is -2.52. The average Bonchev–Trinajstić information content (AvgIpc) is 2.14. The van der Waals surface area contributed by atoms with Crippen molar-refractivity contribution in [2.45, 2.75) is 38.7 Å². The fraction of sp³-hybridized carbons (Fsp3) is 0.909. The third kappa shape index (κ3) is 1.65. The van der Waals surface area contributed by atoms with Gasteiger partial charge in [-0.25, -0.2) is 0 Å². The molecule has 1 N–H and O–H groups in total. The van der Waals surface area contributed by atoms with Crippen LogP contribution in [0, 0.1) is 11.3 Å². The van der Waals surface area contributed by atoms with E-state index in [-0.39, 0.29) is 6.10 Å². The summed E-state index contributed by atoms with van der Waals surface area (Å²) in [5, 5.41) is 9.42. The second-order valence-corrected chi connectivity index (χ2v) is 5.05. The summed E-state index contributed by atoms with van der Waals surface area (Å²) >= 11 is 0. The van der Waals surface area contributed by atoms with E-state index in [2.05, 4.69) is 0 Å². The molecule has 1 spiro atoms. The van der Waals surface area contributed by atoms with Gasteiger partial charge in [-0.15, -0.1) is 0 Å². The fourth-order valence-corrected chi connectivity index (χ4v) is 2.91. The molecule has 1 saturated carbocycles. The number of carbonyl (C=O) groups is 1. The number of hydrogen-bond donors (Lipinski definition) is 1. The summed E-state index contributed by atoms with van der Waals surface area (Å²) in [6.45, 7) is 3.71. The highest BCUT2D eigenvalue weighted by atomic mass is 16.3. The molecular formula is C11H19NO2. The van der Waals surface area contributed by atoms with Gasteiger partial charge in [0.25, 0.3) is 0 Å². The molecule has 80 valence electrons.